The highest BCUT2D eigenvalue weighted by Gasteiger charge is 2.36. The van der Waals surface area contributed by atoms with Crippen LogP contribution in [0.2, 0.25) is 5.02 Å². The van der Waals surface area contributed by atoms with Crippen LogP contribution >= 0.6 is 11.6 Å². The maximum Gasteiger partial charge on any atom is 0.302 e. The van der Waals surface area contributed by atoms with Gasteiger partial charge in [0.25, 0.3) is 0 Å². The van der Waals surface area contributed by atoms with E-state index in [1.807, 2.05) is 35.2 Å². The number of piperidine rings is 1. The number of para-hydroxylation sites is 1. The van der Waals surface area contributed by atoms with Gasteiger partial charge in [-0.25, -0.2) is 19.8 Å². The normalized spacial score (nSPS) is 16.5. The molecular weight excluding hydrogens is 609 g/mol. The lowest BCUT2D eigenvalue weighted by atomic mass is 10.1. The molecule has 0 aromatic heterocycles. The van der Waals surface area contributed by atoms with Crippen LogP contribution in [0.25, 0.3) is 0 Å². The minimum Gasteiger partial charge on any atom is -0.466 e. The summed E-state index contributed by atoms with van der Waals surface area (Å²) in [4.78, 5) is 32.0. The molecule has 1 atom stereocenters. The van der Waals surface area contributed by atoms with Crippen LogP contribution in [0.4, 0.5) is 10.1 Å². The number of ether oxygens (including phenoxy) is 1. The highest BCUT2D eigenvalue weighted by molar-refractivity contribution is 6.31. The number of anilines is 1. The van der Waals surface area contributed by atoms with E-state index in [1.165, 1.54) is 19.4 Å². The Morgan fingerprint density at radius 3 is 2.22 bits per heavy atom. The predicted molar refractivity (Wildman–Crippen MR) is 184 cm³/mol. The number of fused-ring (bicyclic) bond motifs is 1. The first kappa shape index (κ1) is 38.5. The fourth-order valence-electron chi connectivity index (χ4n) is 5.22. The second-order valence-electron chi connectivity index (χ2n) is 10.9. The van der Waals surface area contributed by atoms with Gasteiger partial charge in [0.1, 0.15) is 23.5 Å². The first-order valence-electron chi connectivity index (χ1n) is 15.7. The van der Waals surface area contributed by atoms with Crippen molar-refractivity contribution in [3.8, 4) is 0 Å². The average molecular weight is 658 g/mol. The molecule has 3 heterocycles. The third-order valence-corrected chi connectivity index (χ3v) is 7.45. The van der Waals surface area contributed by atoms with Gasteiger partial charge in [0.2, 0.25) is 5.91 Å². The number of likely N-dealkylation sites (tertiary alicyclic amines) is 1. The van der Waals surface area contributed by atoms with Crippen LogP contribution in [0.1, 0.15) is 70.1 Å². The summed E-state index contributed by atoms with van der Waals surface area (Å²) in [6.07, 6.45) is 8.29. The topological polar surface area (TPSA) is 97.7 Å². The molecule has 1 saturated heterocycles. The molecule has 46 heavy (non-hydrogen) atoms. The number of carbonyl (C=O) groups is 2. The lowest BCUT2D eigenvalue weighted by Gasteiger charge is -2.36. The Balaban J connectivity index is 0.000000586. The van der Waals surface area contributed by atoms with Gasteiger partial charge in [-0.2, -0.15) is 0 Å². The van der Waals surface area contributed by atoms with Crippen molar-refractivity contribution in [2.24, 2.45) is 4.99 Å². The molecule has 3 aliphatic heterocycles. The zero-order valence-electron chi connectivity index (χ0n) is 28.4. The minimum atomic E-state index is -0.502. The van der Waals surface area contributed by atoms with Gasteiger partial charge in [-0.15, -0.1) is 0 Å². The van der Waals surface area contributed by atoms with Gasteiger partial charge < -0.3 is 19.6 Å². The number of hydrogen-bond donors (Lipinski definition) is 2. The molecule has 0 aliphatic carbocycles. The third kappa shape index (κ3) is 10.1. The van der Waals surface area contributed by atoms with Crippen LogP contribution in [-0.4, -0.2) is 72.5 Å². The fourth-order valence-corrected chi connectivity index (χ4v) is 5.40. The molecule has 0 spiro atoms. The molecule has 11 heteroatoms. The second-order valence-corrected chi connectivity index (χ2v) is 11.3. The number of aliphatic imine (C=N–C) groups is 1. The number of halogens is 2. The predicted octanol–water partition coefficient (Wildman–Crippen LogP) is 6.51. The Kier molecular flexibility index (Phi) is 15.9. The molecule has 0 saturated carbocycles. The van der Waals surface area contributed by atoms with E-state index >= 15 is 0 Å². The molecule has 1 fully saturated rings. The number of nitrogens with one attached hydrogen (secondary N) is 1. The Labute approximate surface area is 278 Å². The standard InChI is InChI=1S/C27H29ClFN5O.C4H8O2.C3H8.CH4O/c1-17-8-7-9-18(2)26(17)32(3)25-16-22(19-10-11-21(29)20(28)14-19)30-24-15-23(31-34(24)25)27(35)33-12-5-4-6-13-33;1-3-6-4(2)5;1-3-2;1-2/h7-11,14-16,23,31H,4-6,12-13H2,1-3H3;3H2,1-2H3;3H2,1-2H3;2H,1H3. The molecule has 2 aromatic carbocycles. The van der Waals surface area contributed by atoms with Gasteiger partial charge >= 0.3 is 5.97 Å². The Morgan fingerprint density at radius 1 is 1.09 bits per heavy atom. The minimum absolute atomic E-state index is 0.0439. The van der Waals surface area contributed by atoms with E-state index in [0.29, 0.717) is 23.7 Å². The number of rotatable bonds is 5. The molecule has 2 N–H and O–H groups in total. The number of aliphatic hydroxyl groups excluding tert-OH is 1. The summed E-state index contributed by atoms with van der Waals surface area (Å²) in [6, 6.07) is 10.3. The molecule has 0 bridgehead atoms. The number of benzene rings is 2. The Hall–Kier alpha value is -3.73. The quantitative estimate of drug-likeness (QED) is 0.354. The third-order valence-electron chi connectivity index (χ3n) is 7.16. The van der Waals surface area contributed by atoms with Crippen LogP contribution < -0.4 is 10.3 Å². The number of esters is 1. The zero-order chi connectivity index (χ0) is 34.4. The van der Waals surface area contributed by atoms with Crippen LogP contribution in [0.15, 0.2) is 65.2 Å². The van der Waals surface area contributed by atoms with Gasteiger partial charge in [0.15, 0.2) is 0 Å². The number of aryl methyl sites for hydroxylation is 2. The van der Waals surface area contributed by atoms with E-state index in [-0.39, 0.29) is 16.9 Å². The summed E-state index contributed by atoms with van der Waals surface area (Å²) in [5.74, 6) is 0.818. The van der Waals surface area contributed by atoms with E-state index in [2.05, 4.69) is 54.9 Å². The van der Waals surface area contributed by atoms with Gasteiger partial charge in [-0.3, -0.25) is 9.59 Å². The number of aliphatic hydroxyl groups is 1. The van der Waals surface area contributed by atoms with Crippen molar-refractivity contribution in [3.63, 3.8) is 0 Å². The summed E-state index contributed by atoms with van der Waals surface area (Å²) in [5, 5.41) is 8.91. The summed E-state index contributed by atoms with van der Waals surface area (Å²) < 4.78 is 18.2. The highest BCUT2D eigenvalue weighted by atomic mass is 35.5. The summed E-state index contributed by atoms with van der Waals surface area (Å²) in [7, 11) is 3.00. The van der Waals surface area contributed by atoms with Crippen LogP contribution in [0.5, 0.6) is 0 Å². The van der Waals surface area contributed by atoms with Gasteiger partial charge in [0.05, 0.1) is 17.3 Å². The Bertz CT molecular complexity index is 1400. The number of carbonyl (C=O) groups excluding carboxylic acids is 2. The zero-order valence-corrected chi connectivity index (χ0v) is 29.1. The molecule has 5 rings (SSSR count). The number of amides is 1. The lowest BCUT2D eigenvalue weighted by molar-refractivity contribution is -0.140. The van der Waals surface area contributed by atoms with Crippen molar-refractivity contribution in [2.45, 2.75) is 73.3 Å². The summed E-state index contributed by atoms with van der Waals surface area (Å²) >= 11 is 6.08. The van der Waals surface area contributed by atoms with Crippen molar-refractivity contribution < 1.29 is 23.8 Å². The first-order chi connectivity index (χ1) is 22.0. The van der Waals surface area contributed by atoms with Crippen molar-refractivity contribution >= 4 is 34.9 Å². The van der Waals surface area contributed by atoms with Crippen LogP contribution in [-0.2, 0) is 14.3 Å². The van der Waals surface area contributed by atoms with Crippen LogP contribution in [0, 0.1) is 19.7 Å². The number of allylic oxidation sites excluding steroid dienone is 1. The lowest BCUT2D eigenvalue weighted by Crippen LogP contribution is -2.50. The Morgan fingerprint density at radius 2 is 1.70 bits per heavy atom. The average Bonchev–Trinajstić information content (AvgIpc) is 3.48. The highest BCUT2D eigenvalue weighted by Crippen LogP contribution is 2.33. The van der Waals surface area contributed by atoms with E-state index in [4.69, 9.17) is 21.7 Å². The van der Waals surface area contributed by atoms with E-state index in [9.17, 15) is 14.0 Å². The molecule has 0 radical (unpaired) electrons. The number of hydrazine groups is 1. The van der Waals surface area contributed by atoms with E-state index in [1.54, 1.807) is 19.1 Å². The maximum atomic E-state index is 13.8. The second kappa shape index (κ2) is 19.1. The fraction of sp³-hybridized carbons (Fsp3) is 0.457. The van der Waals surface area contributed by atoms with Crippen molar-refractivity contribution in [3.05, 3.63) is 87.7 Å². The first-order valence-corrected chi connectivity index (χ1v) is 16.1. The number of nitrogens with zero attached hydrogens (tertiary/aromatic N) is 4. The smallest absolute Gasteiger partial charge is 0.302 e. The number of hydrogen-bond acceptors (Lipinski definition) is 8. The SMILES string of the molecule is CCC.CCOC(C)=O.CO.Cc1cccc(C)c1N(C)C1=CC(c2ccc(F)c(Cl)c2)=NC2=CC(C(=O)N3CCCCC3)NN21. The van der Waals surface area contributed by atoms with E-state index < -0.39 is 11.9 Å². The molecule has 1 unspecified atom stereocenters. The monoisotopic (exact) mass is 657 g/mol. The van der Waals surface area contributed by atoms with Crippen molar-refractivity contribution in [2.75, 3.05) is 38.8 Å². The largest absolute Gasteiger partial charge is 0.466 e. The molecular formula is C35H49ClFN5O4. The molecule has 1 amide bonds. The van der Waals surface area contributed by atoms with E-state index in [0.717, 1.165) is 62.1 Å². The molecule has 2 aromatic rings. The van der Waals surface area contributed by atoms with Crippen LogP contribution in [0.3, 0.4) is 0 Å². The van der Waals surface area contributed by atoms with Gasteiger partial charge in [-0.05, 0) is 75.4 Å². The summed E-state index contributed by atoms with van der Waals surface area (Å²) in [5.41, 5.74) is 8.06. The maximum absolute atomic E-state index is 13.8. The van der Waals surface area contributed by atoms with Gasteiger partial charge in [0, 0.05) is 51.5 Å². The van der Waals surface area contributed by atoms with Crippen molar-refractivity contribution in [1.29, 1.82) is 0 Å². The molecule has 252 valence electrons. The summed E-state index contributed by atoms with van der Waals surface area (Å²) in [6.45, 7) is 13.6. The van der Waals surface area contributed by atoms with Crippen molar-refractivity contribution in [1.82, 2.24) is 15.3 Å². The van der Waals surface area contributed by atoms with Gasteiger partial charge in [-0.1, -0.05) is 50.1 Å². The molecule has 3 aliphatic rings. The molecule has 9 nitrogen and oxygen atoms in total.